The Bertz CT molecular complexity index is 614. The third kappa shape index (κ3) is 2.44. The van der Waals surface area contributed by atoms with Crippen molar-refractivity contribution >= 4 is 17.2 Å². The molecule has 1 fully saturated rings. The Balaban J connectivity index is 1.88. The van der Waals surface area contributed by atoms with Crippen LogP contribution in [0.25, 0.3) is 10.6 Å². The average molecular weight is 289 g/mol. The maximum Gasteiger partial charge on any atom is 0.221 e. The molecule has 3 atom stereocenters. The fourth-order valence-corrected chi connectivity index (χ4v) is 3.75. The van der Waals surface area contributed by atoms with Gasteiger partial charge in [-0.2, -0.15) is 5.10 Å². The predicted molar refractivity (Wildman–Crippen MR) is 76.0 cm³/mol. The lowest BCUT2D eigenvalue weighted by molar-refractivity contribution is -0.122. The van der Waals surface area contributed by atoms with E-state index in [4.69, 9.17) is 5.73 Å². The Kier molecular flexibility index (Phi) is 3.50. The number of nitrogens with two attached hydrogens (primary N) is 1. The number of hydrogen-bond acceptors (Lipinski definition) is 5. The molecule has 1 saturated carbocycles. The highest BCUT2D eigenvalue weighted by Crippen LogP contribution is 2.42. The maximum absolute atomic E-state index is 11.5. The summed E-state index contributed by atoms with van der Waals surface area (Å²) < 4.78 is 0. The summed E-state index contributed by atoms with van der Waals surface area (Å²) in [6.45, 7) is 0. The number of hydrogen-bond donors (Lipinski definition) is 2. The van der Waals surface area contributed by atoms with Gasteiger partial charge in [-0.3, -0.25) is 4.79 Å². The normalized spacial score (nSPS) is 25.8. The molecule has 3 rings (SSSR count). The molecule has 2 heterocycles. The number of aliphatic hydroxyl groups is 1. The standard InChI is InChI=1S/C14H15N3O2S/c15-14(19)11-6-9(18)5-10(11)8-4-13(20-7-8)12-2-1-3-16-17-12/h1-4,7,9-11,18H,5-6H2,(H2,15,19)/t9-,10+,11+/m1/s1. The lowest BCUT2D eigenvalue weighted by atomic mass is 9.90. The Hall–Kier alpha value is -1.79. The molecule has 0 aliphatic heterocycles. The molecule has 0 saturated heterocycles. The Morgan fingerprint density at radius 2 is 2.30 bits per heavy atom. The van der Waals surface area contributed by atoms with Gasteiger partial charge in [0, 0.05) is 12.1 Å². The first kappa shape index (κ1) is 13.2. The predicted octanol–water partition coefficient (Wildman–Crippen LogP) is 1.54. The van der Waals surface area contributed by atoms with E-state index in [1.165, 1.54) is 0 Å². The van der Waals surface area contributed by atoms with E-state index in [9.17, 15) is 9.90 Å². The monoisotopic (exact) mass is 289 g/mol. The van der Waals surface area contributed by atoms with Crippen LogP contribution in [0, 0.1) is 5.92 Å². The molecule has 0 aromatic carbocycles. The first-order valence-electron chi connectivity index (χ1n) is 6.49. The van der Waals surface area contributed by atoms with Crippen molar-refractivity contribution in [2.24, 2.45) is 11.7 Å². The van der Waals surface area contributed by atoms with Gasteiger partial charge in [0.15, 0.2) is 0 Å². The summed E-state index contributed by atoms with van der Waals surface area (Å²) in [7, 11) is 0. The number of rotatable bonds is 3. The van der Waals surface area contributed by atoms with Gasteiger partial charge in [-0.1, -0.05) is 0 Å². The minimum atomic E-state index is -0.447. The van der Waals surface area contributed by atoms with Gasteiger partial charge in [0.2, 0.25) is 5.91 Å². The fraction of sp³-hybridized carbons (Fsp3) is 0.357. The summed E-state index contributed by atoms with van der Waals surface area (Å²) in [5, 5.41) is 19.7. The van der Waals surface area contributed by atoms with Crippen LogP contribution in [-0.2, 0) is 4.79 Å². The van der Waals surface area contributed by atoms with Crippen molar-refractivity contribution < 1.29 is 9.90 Å². The van der Waals surface area contributed by atoms with Crippen molar-refractivity contribution in [1.29, 1.82) is 0 Å². The van der Waals surface area contributed by atoms with Gasteiger partial charge in [0.05, 0.1) is 11.0 Å². The van der Waals surface area contributed by atoms with Gasteiger partial charge in [-0.25, -0.2) is 0 Å². The number of amides is 1. The van der Waals surface area contributed by atoms with Gasteiger partial charge in [0.25, 0.3) is 0 Å². The van der Waals surface area contributed by atoms with Crippen LogP contribution in [-0.4, -0.2) is 27.3 Å². The van der Waals surface area contributed by atoms with Gasteiger partial charge in [-0.15, -0.1) is 16.4 Å². The molecule has 104 valence electrons. The summed E-state index contributed by atoms with van der Waals surface area (Å²) in [5.74, 6) is -0.614. The van der Waals surface area contributed by atoms with Crippen LogP contribution in [0.1, 0.15) is 24.3 Å². The average Bonchev–Trinajstić information content (AvgIpc) is 3.06. The van der Waals surface area contributed by atoms with E-state index < -0.39 is 6.10 Å². The zero-order valence-corrected chi connectivity index (χ0v) is 11.6. The van der Waals surface area contributed by atoms with E-state index in [1.54, 1.807) is 17.5 Å². The van der Waals surface area contributed by atoms with E-state index >= 15 is 0 Å². The van der Waals surface area contributed by atoms with Gasteiger partial charge in [0.1, 0.15) is 5.69 Å². The number of aliphatic hydroxyl groups excluding tert-OH is 1. The third-order valence-electron chi connectivity index (χ3n) is 3.78. The van der Waals surface area contributed by atoms with Crippen LogP contribution in [0.2, 0.25) is 0 Å². The Morgan fingerprint density at radius 3 is 3.00 bits per heavy atom. The molecule has 3 N–H and O–H groups in total. The Labute approximate surface area is 120 Å². The minimum Gasteiger partial charge on any atom is -0.393 e. The molecule has 2 aromatic rings. The van der Waals surface area contributed by atoms with E-state index in [0.29, 0.717) is 12.8 Å². The van der Waals surface area contributed by atoms with Crippen LogP contribution in [0.4, 0.5) is 0 Å². The third-order valence-corrected chi connectivity index (χ3v) is 4.75. The van der Waals surface area contributed by atoms with Crippen LogP contribution in [0.15, 0.2) is 29.8 Å². The molecule has 5 nitrogen and oxygen atoms in total. The van der Waals surface area contributed by atoms with Crippen LogP contribution in [0.5, 0.6) is 0 Å². The van der Waals surface area contributed by atoms with Crippen LogP contribution in [0.3, 0.4) is 0 Å². The molecule has 1 aliphatic carbocycles. The largest absolute Gasteiger partial charge is 0.393 e. The quantitative estimate of drug-likeness (QED) is 0.897. The van der Waals surface area contributed by atoms with E-state index in [0.717, 1.165) is 16.1 Å². The topological polar surface area (TPSA) is 89.1 Å². The minimum absolute atomic E-state index is 0.00386. The summed E-state index contributed by atoms with van der Waals surface area (Å²) in [6, 6.07) is 5.76. The molecule has 1 aliphatic rings. The highest BCUT2D eigenvalue weighted by atomic mass is 32.1. The molecule has 2 aromatic heterocycles. The fourth-order valence-electron chi connectivity index (χ4n) is 2.81. The zero-order valence-electron chi connectivity index (χ0n) is 10.8. The number of carbonyl (C=O) groups is 1. The maximum atomic E-state index is 11.5. The highest BCUT2D eigenvalue weighted by molar-refractivity contribution is 7.13. The number of primary amides is 1. The summed E-state index contributed by atoms with van der Waals surface area (Å²) in [5.41, 5.74) is 7.31. The van der Waals surface area contributed by atoms with Crippen LogP contribution < -0.4 is 5.73 Å². The lowest BCUT2D eigenvalue weighted by Crippen LogP contribution is -2.25. The van der Waals surface area contributed by atoms with Crippen molar-refractivity contribution in [1.82, 2.24) is 10.2 Å². The molecule has 0 unspecified atom stereocenters. The van der Waals surface area contributed by atoms with Gasteiger partial charge in [-0.05, 0) is 47.9 Å². The lowest BCUT2D eigenvalue weighted by Gasteiger charge is -2.14. The van der Waals surface area contributed by atoms with Crippen molar-refractivity contribution in [2.45, 2.75) is 24.9 Å². The first-order chi connectivity index (χ1) is 9.65. The van der Waals surface area contributed by atoms with Crippen molar-refractivity contribution in [3.8, 4) is 10.6 Å². The molecule has 0 radical (unpaired) electrons. The molecule has 20 heavy (non-hydrogen) atoms. The van der Waals surface area contributed by atoms with Gasteiger partial charge >= 0.3 is 0 Å². The highest BCUT2D eigenvalue weighted by Gasteiger charge is 2.38. The van der Waals surface area contributed by atoms with Gasteiger partial charge < -0.3 is 10.8 Å². The molecular formula is C14H15N3O2S. The van der Waals surface area contributed by atoms with Crippen molar-refractivity contribution in [3.63, 3.8) is 0 Å². The van der Waals surface area contributed by atoms with E-state index in [2.05, 4.69) is 10.2 Å². The molecule has 0 bridgehead atoms. The second-order valence-electron chi connectivity index (χ2n) is 5.09. The number of thiophene rings is 1. The van der Waals surface area contributed by atoms with Crippen molar-refractivity contribution in [2.75, 3.05) is 0 Å². The first-order valence-corrected chi connectivity index (χ1v) is 7.37. The molecule has 0 spiro atoms. The molecule has 6 heteroatoms. The SMILES string of the molecule is NC(=O)[C@H]1C[C@H](O)C[C@H]1c1csc(-c2cccnn2)c1. The van der Waals surface area contributed by atoms with Crippen molar-refractivity contribution in [3.05, 3.63) is 35.3 Å². The molecular weight excluding hydrogens is 274 g/mol. The number of carbonyl (C=O) groups excluding carboxylic acids is 1. The summed E-state index contributed by atoms with van der Waals surface area (Å²) in [6.07, 6.45) is 2.23. The summed E-state index contributed by atoms with van der Waals surface area (Å²) >= 11 is 1.57. The Morgan fingerprint density at radius 1 is 1.45 bits per heavy atom. The number of aromatic nitrogens is 2. The van der Waals surface area contributed by atoms with Crippen LogP contribution >= 0.6 is 11.3 Å². The van der Waals surface area contributed by atoms with E-state index in [1.807, 2.05) is 23.6 Å². The van der Waals surface area contributed by atoms with E-state index in [-0.39, 0.29) is 17.7 Å². The second kappa shape index (κ2) is 5.30. The smallest absolute Gasteiger partial charge is 0.221 e. The second-order valence-corrected chi connectivity index (χ2v) is 6.01. The zero-order chi connectivity index (χ0) is 14.1. The number of nitrogens with zero attached hydrogens (tertiary/aromatic N) is 2. The summed E-state index contributed by atoms with van der Waals surface area (Å²) in [4.78, 5) is 12.5. The molecule has 1 amide bonds.